The zero-order valence-corrected chi connectivity index (χ0v) is 9.17. The van der Waals surface area contributed by atoms with E-state index in [1.54, 1.807) is 26.0 Å². The molecule has 0 aliphatic rings. The summed E-state index contributed by atoms with van der Waals surface area (Å²) in [5.74, 6) is -0.725. The van der Waals surface area contributed by atoms with Crippen molar-refractivity contribution >= 4 is 11.7 Å². The molecule has 0 fully saturated rings. The molecule has 5 heteroatoms. The Hall–Kier alpha value is -1.91. The Morgan fingerprint density at radius 3 is 2.44 bits per heavy atom. The van der Waals surface area contributed by atoms with Crippen LogP contribution in [-0.4, -0.2) is 17.5 Å². The third-order valence-electron chi connectivity index (χ3n) is 2.24. The second-order valence-corrected chi connectivity index (χ2v) is 3.32. The first-order valence-electron chi connectivity index (χ1n) is 4.97. The minimum Gasteiger partial charge on any atom is -0.466 e. The molecular formula is C11H13NO4. The van der Waals surface area contributed by atoms with Crippen LogP contribution in [0.25, 0.3) is 0 Å². The number of hydrogen-bond acceptors (Lipinski definition) is 4. The monoisotopic (exact) mass is 223 g/mol. The first kappa shape index (κ1) is 12.2. The van der Waals surface area contributed by atoms with Gasteiger partial charge < -0.3 is 4.74 Å². The van der Waals surface area contributed by atoms with E-state index in [2.05, 4.69) is 0 Å². The average molecular weight is 223 g/mol. The molecule has 0 saturated heterocycles. The van der Waals surface area contributed by atoms with Gasteiger partial charge in [-0.1, -0.05) is 12.1 Å². The lowest BCUT2D eigenvalue weighted by molar-refractivity contribution is -0.384. The van der Waals surface area contributed by atoms with Crippen LogP contribution in [-0.2, 0) is 9.53 Å². The van der Waals surface area contributed by atoms with Crippen LogP contribution >= 0.6 is 0 Å². The lowest BCUT2D eigenvalue weighted by atomic mass is 10.0. The standard InChI is InChI=1S/C11H13NO4/c1-3-16-11(13)8(2)9-4-6-10(7-5-9)12(14)15/h4-8H,3H2,1-2H3/t8-/m1/s1. The highest BCUT2D eigenvalue weighted by atomic mass is 16.6. The van der Waals surface area contributed by atoms with Gasteiger partial charge in [-0.05, 0) is 19.4 Å². The highest BCUT2D eigenvalue weighted by Gasteiger charge is 2.17. The van der Waals surface area contributed by atoms with E-state index in [0.717, 1.165) is 0 Å². The zero-order chi connectivity index (χ0) is 12.1. The lowest BCUT2D eigenvalue weighted by Gasteiger charge is -2.10. The molecule has 5 nitrogen and oxygen atoms in total. The molecule has 1 rings (SSSR count). The molecule has 0 aromatic heterocycles. The highest BCUT2D eigenvalue weighted by molar-refractivity contribution is 5.77. The van der Waals surface area contributed by atoms with Crippen molar-refractivity contribution in [3.05, 3.63) is 39.9 Å². The van der Waals surface area contributed by atoms with Crippen molar-refractivity contribution in [2.45, 2.75) is 19.8 Å². The summed E-state index contributed by atoms with van der Waals surface area (Å²) in [7, 11) is 0. The van der Waals surface area contributed by atoms with Crippen LogP contribution in [0.3, 0.4) is 0 Å². The Balaban J connectivity index is 2.81. The summed E-state index contributed by atoms with van der Waals surface area (Å²) >= 11 is 0. The van der Waals surface area contributed by atoms with Gasteiger partial charge in [0.2, 0.25) is 0 Å². The summed E-state index contributed by atoms with van der Waals surface area (Å²) in [6.07, 6.45) is 0. The molecular weight excluding hydrogens is 210 g/mol. The SMILES string of the molecule is CCOC(=O)[C@H](C)c1ccc([N+](=O)[O-])cc1. The van der Waals surface area contributed by atoms with Gasteiger partial charge >= 0.3 is 5.97 Å². The second-order valence-electron chi connectivity index (χ2n) is 3.32. The maximum atomic E-state index is 11.4. The third-order valence-corrected chi connectivity index (χ3v) is 2.24. The fourth-order valence-electron chi connectivity index (χ4n) is 1.29. The molecule has 0 N–H and O–H groups in total. The van der Waals surface area contributed by atoms with Gasteiger partial charge in [0.25, 0.3) is 5.69 Å². The first-order valence-corrected chi connectivity index (χ1v) is 4.97. The van der Waals surface area contributed by atoms with Gasteiger partial charge in [-0.25, -0.2) is 0 Å². The van der Waals surface area contributed by atoms with Crippen molar-refractivity contribution in [2.75, 3.05) is 6.61 Å². The van der Waals surface area contributed by atoms with Gasteiger partial charge in [0.1, 0.15) is 0 Å². The van der Waals surface area contributed by atoms with E-state index in [1.807, 2.05) is 0 Å². The third kappa shape index (κ3) is 2.79. The van der Waals surface area contributed by atoms with Crippen LogP contribution in [0.5, 0.6) is 0 Å². The van der Waals surface area contributed by atoms with Gasteiger partial charge in [0.15, 0.2) is 0 Å². The van der Waals surface area contributed by atoms with Crippen LogP contribution in [0.15, 0.2) is 24.3 Å². The average Bonchev–Trinajstić information content (AvgIpc) is 2.28. The molecule has 1 aromatic rings. The Bertz CT molecular complexity index is 385. The van der Waals surface area contributed by atoms with E-state index in [1.165, 1.54) is 12.1 Å². The van der Waals surface area contributed by atoms with Crippen molar-refractivity contribution in [3.8, 4) is 0 Å². The number of nitro groups is 1. The number of benzene rings is 1. The molecule has 0 unspecified atom stereocenters. The van der Waals surface area contributed by atoms with E-state index in [9.17, 15) is 14.9 Å². The molecule has 16 heavy (non-hydrogen) atoms. The molecule has 1 aromatic carbocycles. The van der Waals surface area contributed by atoms with E-state index in [4.69, 9.17) is 4.74 Å². The molecule has 86 valence electrons. The zero-order valence-electron chi connectivity index (χ0n) is 9.17. The summed E-state index contributed by atoms with van der Waals surface area (Å²) in [6, 6.07) is 5.90. The van der Waals surface area contributed by atoms with Gasteiger partial charge in [-0.15, -0.1) is 0 Å². The molecule has 0 saturated carbocycles. The topological polar surface area (TPSA) is 69.4 Å². The van der Waals surface area contributed by atoms with Gasteiger partial charge in [0.05, 0.1) is 17.4 Å². The van der Waals surface area contributed by atoms with Crippen molar-refractivity contribution < 1.29 is 14.5 Å². The Morgan fingerprint density at radius 2 is 2.00 bits per heavy atom. The molecule has 0 heterocycles. The Kier molecular flexibility index (Phi) is 3.99. The fraction of sp³-hybridized carbons (Fsp3) is 0.364. The van der Waals surface area contributed by atoms with Crippen molar-refractivity contribution in [3.63, 3.8) is 0 Å². The van der Waals surface area contributed by atoms with Crippen LogP contribution < -0.4 is 0 Å². The maximum absolute atomic E-state index is 11.4. The number of carbonyl (C=O) groups excluding carboxylic acids is 1. The van der Waals surface area contributed by atoms with Crippen molar-refractivity contribution in [1.29, 1.82) is 0 Å². The number of hydrogen-bond donors (Lipinski definition) is 0. The maximum Gasteiger partial charge on any atom is 0.313 e. The molecule has 0 spiro atoms. The predicted molar refractivity (Wildman–Crippen MR) is 58.1 cm³/mol. The molecule has 1 atom stereocenters. The number of esters is 1. The molecule has 0 aliphatic heterocycles. The number of ether oxygens (including phenoxy) is 1. The summed E-state index contributed by atoms with van der Waals surface area (Å²) in [4.78, 5) is 21.4. The minimum absolute atomic E-state index is 0.0137. The largest absolute Gasteiger partial charge is 0.466 e. The van der Waals surface area contributed by atoms with E-state index >= 15 is 0 Å². The van der Waals surface area contributed by atoms with E-state index in [0.29, 0.717) is 12.2 Å². The second kappa shape index (κ2) is 5.25. The molecule has 0 bridgehead atoms. The van der Waals surface area contributed by atoms with Crippen LogP contribution in [0.1, 0.15) is 25.3 Å². The highest BCUT2D eigenvalue weighted by Crippen LogP contribution is 2.20. The van der Waals surface area contributed by atoms with Crippen molar-refractivity contribution in [2.24, 2.45) is 0 Å². The summed E-state index contributed by atoms with van der Waals surface area (Å²) in [5, 5.41) is 10.4. The van der Waals surface area contributed by atoms with Crippen LogP contribution in [0.2, 0.25) is 0 Å². The number of rotatable bonds is 4. The lowest BCUT2D eigenvalue weighted by Crippen LogP contribution is -2.12. The van der Waals surface area contributed by atoms with Gasteiger partial charge in [0, 0.05) is 12.1 Å². The number of nitro benzene ring substituents is 1. The number of nitrogens with zero attached hydrogens (tertiary/aromatic N) is 1. The quantitative estimate of drug-likeness (QED) is 0.446. The Labute approximate surface area is 93.2 Å². The molecule has 0 amide bonds. The van der Waals surface area contributed by atoms with Crippen LogP contribution in [0.4, 0.5) is 5.69 Å². The molecule has 0 aliphatic carbocycles. The smallest absolute Gasteiger partial charge is 0.313 e. The van der Waals surface area contributed by atoms with Crippen molar-refractivity contribution in [1.82, 2.24) is 0 Å². The summed E-state index contributed by atoms with van der Waals surface area (Å²) in [6.45, 7) is 3.77. The Morgan fingerprint density at radius 1 is 1.44 bits per heavy atom. The van der Waals surface area contributed by atoms with Crippen LogP contribution in [0, 0.1) is 10.1 Å². The summed E-state index contributed by atoms with van der Waals surface area (Å²) in [5.41, 5.74) is 0.726. The molecule has 0 radical (unpaired) electrons. The minimum atomic E-state index is -0.473. The normalized spacial score (nSPS) is 11.9. The number of non-ortho nitro benzene ring substituents is 1. The van der Waals surface area contributed by atoms with Gasteiger partial charge in [-0.2, -0.15) is 0 Å². The van der Waals surface area contributed by atoms with E-state index in [-0.39, 0.29) is 11.7 Å². The van der Waals surface area contributed by atoms with E-state index < -0.39 is 10.8 Å². The fourth-order valence-corrected chi connectivity index (χ4v) is 1.29. The summed E-state index contributed by atoms with van der Waals surface area (Å²) < 4.78 is 4.86. The first-order chi connectivity index (χ1) is 7.56. The number of carbonyl (C=O) groups is 1. The predicted octanol–water partition coefficient (Wildman–Crippen LogP) is 2.26. The van der Waals surface area contributed by atoms with Gasteiger partial charge in [-0.3, -0.25) is 14.9 Å².